The molecule has 2 heterocycles. The van der Waals surface area contributed by atoms with E-state index in [0.717, 1.165) is 19.6 Å². The Kier molecular flexibility index (Phi) is 2.67. The van der Waals surface area contributed by atoms with Crippen molar-refractivity contribution < 1.29 is 9.59 Å². The number of carbonyl (C=O) groups is 2. The van der Waals surface area contributed by atoms with Gasteiger partial charge in [-0.1, -0.05) is 0 Å². The van der Waals surface area contributed by atoms with Gasteiger partial charge in [-0.05, 0) is 6.42 Å². The molecule has 14 heavy (non-hydrogen) atoms. The molecule has 0 bridgehead atoms. The fourth-order valence-electron chi connectivity index (χ4n) is 1.67. The molecule has 2 aliphatic heterocycles. The smallest absolute Gasteiger partial charge is 0.242 e. The molecule has 0 aromatic heterocycles. The SMILES string of the molecule is O=C1CC[C@H](C(=O)NCC2CNC2)N1. The molecule has 2 amide bonds. The zero-order valence-corrected chi connectivity index (χ0v) is 8.01. The Balaban J connectivity index is 1.69. The highest BCUT2D eigenvalue weighted by Gasteiger charge is 2.27. The van der Waals surface area contributed by atoms with Gasteiger partial charge in [0.15, 0.2) is 0 Å². The van der Waals surface area contributed by atoms with Crippen molar-refractivity contribution in [3.63, 3.8) is 0 Å². The van der Waals surface area contributed by atoms with Crippen molar-refractivity contribution in [3.05, 3.63) is 0 Å². The minimum Gasteiger partial charge on any atom is -0.354 e. The lowest BCUT2D eigenvalue weighted by Gasteiger charge is -2.27. The Labute approximate surface area is 82.6 Å². The van der Waals surface area contributed by atoms with E-state index >= 15 is 0 Å². The van der Waals surface area contributed by atoms with E-state index in [1.165, 1.54) is 0 Å². The van der Waals surface area contributed by atoms with Gasteiger partial charge in [-0.2, -0.15) is 0 Å². The number of carbonyl (C=O) groups excluding carboxylic acids is 2. The minimum atomic E-state index is -0.296. The third-order valence-electron chi connectivity index (χ3n) is 2.74. The highest BCUT2D eigenvalue weighted by Crippen LogP contribution is 2.07. The van der Waals surface area contributed by atoms with Crippen molar-refractivity contribution in [2.75, 3.05) is 19.6 Å². The Morgan fingerprint density at radius 1 is 1.50 bits per heavy atom. The molecule has 0 saturated carbocycles. The van der Waals surface area contributed by atoms with Gasteiger partial charge in [0.25, 0.3) is 0 Å². The number of nitrogens with one attached hydrogen (secondary N) is 3. The molecule has 78 valence electrons. The lowest BCUT2D eigenvalue weighted by atomic mass is 10.0. The van der Waals surface area contributed by atoms with Gasteiger partial charge in [-0.25, -0.2) is 0 Å². The van der Waals surface area contributed by atoms with E-state index in [4.69, 9.17) is 0 Å². The normalized spacial score (nSPS) is 26.9. The first-order valence-corrected chi connectivity index (χ1v) is 5.03. The van der Waals surface area contributed by atoms with Crippen LogP contribution in [0.4, 0.5) is 0 Å². The number of amides is 2. The fraction of sp³-hybridized carbons (Fsp3) is 0.778. The van der Waals surface area contributed by atoms with Crippen LogP contribution in [0.1, 0.15) is 12.8 Å². The summed E-state index contributed by atoms with van der Waals surface area (Å²) in [5, 5.41) is 8.64. The van der Waals surface area contributed by atoms with Crippen LogP contribution in [0.15, 0.2) is 0 Å². The molecule has 2 fully saturated rings. The highest BCUT2D eigenvalue weighted by molar-refractivity contribution is 5.90. The second kappa shape index (κ2) is 3.96. The molecule has 2 rings (SSSR count). The Bertz CT molecular complexity index is 250. The standard InChI is InChI=1S/C9H15N3O2/c13-8-2-1-7(12-8)9(14)11-5-6-3-10-4-6/h6-7,10H,1-5H2,(H,11,14)(H,12,13)/t7-/m1/s1. The van der Waals surface area contributed by atoms with E-state index < -0.39 is 0 Å². The Morgan fingerprint density at radius 3 is 2.79 bits per heavy atom. The summed E-state index contributed by atoms with van der Waals surface area (Å²) < 4.78 is 0. The molecule has 2 aliphatic rings. The van der Waals surface area contributed by atoms with E-state index in [1.54, 1.807) is 0 Å². The van der Waals surface area contributed by atoms with Crippen molar-refractivity contribution >= 4 is 11.8 Å². The molecule has 0 radical (unpaired) electrons. The van der Waals surface area contributed by atoms with Gasteiger partial charge in [0.2, 0.25) is 11.8 Å². The third-order valence-corrected chi connectivity index (χ3v) is 2.74. The topological polar surface area (TPSA) is 70.2 Å². The van der Waals surface area contributed by atoms with Crippen LogP contribution in [0.3, 0.4) is 0 Å². The van der Waals surface area contributed by atoms with Crippen LogP contribution in [0.5, 0.6) is 0 Å². The highest BCUT2D eigenvalue weighted by atomic mass is 16.2. The van der Waals surface area contributed by atoms with Crippen molar-refractivity contribution in [2.24, 2.45) is 5.92 Å². The zero-order chi connectivity index (χ0) is 9.97. The van der Waals surface area contributed by atoms with Crippen LogP contribution in [0.2, 0.25) is 0 Å². The summed E-state index contributed by atoms with van der Waals surface area (Å²) in [5.41, 5.74) is 0. The molecule has 0 aromatic rings. The first kappa shape index (κ1) is 9.45. The number of hydrogen-bond donors (Lipinski definition) is 3. The van der Waals surface area contributed by atoms with Crippen molar-refractivity contribution in [1.29, 1.82) is 0 Å². The van der Waals surface area contributed by atoms with E-state index in [9.17, 15) is 9.59 Å². The quantitative estimate of drug-likeness (QED) is 0.521. The summed E-state index contributed by atoms with van der Waals surface area (Å²) >= 11 is 0. The maximum absolute atomic E-state index is 11.5. The van der Waals surface area contributed by atoms with E-state index in [0.29, 0.717) is 18.8 Å². The van der Waals surface area contributed by atoms with E-state index in [1.807, 2.05) is 0 Å². The Morgan fingerprint density at radius 2 is 2.29 bits per heavy atom. The largest absolute Gasteiger partial charge is 0.354 e. The van der Waals surface area contributed by atoms with Gasteiger partial charge >= 0.3 is 0 Å². The predicted molar refractivity (Wildman–Crippen MR) is 50.5 cm³/mol. The van der Waals surface area contributed by atoms with Crippen molar-refractivity contribution in [2.45, 2.75) is 18.9 Å². The van der Waals surface area contributed by atoms with E-state index in [-0.39, 0.29) is 17.9 Å². The first-order chi connectivity index (χ1) is 6.75. The van der Waals surface area contributed by atoms with Crippen LogP contribution in [-0.2, 0) is 9.59 Å². The van der Waals surface area contributed by atoms with Crippen LogP contribution in [0.25, 0.3) is 0 Å². The molecule has 1 atom stereocenters. The van der Waals surface area contributed by atoms with Crippen LogP contribution in [-0.4, -0.2) is 37.5 Å². The molecule has 5 nitrogen and oxygen atoms in total. The van der Waals surface area contributed by atoms with Gasteiger partial charge < -0.3 is 16.0 Å². The summed E-state index contributed by atoms with van der Waals surface area (Å²) in [7, 11) is 0. The summed E-state index contributed by atoms with van der Waals surface area (Å²) in [4.78, 5) is 22.4. The molecule has 3 N–H and O–H groups in total. The number of rotatable bonds is 3. The van der Waals surface area contributed by atoms with Crippen LogP contribution < -0.4 is 16.0 Å². The average molecular weight is 197 g/mol. The van der Waals surface area contributed by atoms with Crippen molar-refractivity contribution in [1.82, 2.24) is 16.0 Å². The second-order valence-electron chi connectivity index (χ2n) is 3.93. The van der Waals surface area contributed by atoms with Gasteiger partial charge in [0.1, 0.15) is 6.04 Å². The summed E-state index contributed by atoms with van der Waals surface area (Å²) in [5.74, 6) is 0.509. The van der Waals surface area contributed by atoms with Gasteiger partial charge in [-0.3, -0.25) is 9.59 Å². The molecule has 0 aliphatic carbocycles. The average Bonchev–Trinajstić information content (AvgIpc) is 2.49. The lowest BCUT2D eigenvalue weighted by Crippen LogP contribution is -2.50. The van der Waals surface area contributed by atoms with Gasteiger partial charge in [-0.15, -0.1) is 0 Å². The molecule has 2 saturated heterocycles. The van der Waals surface area contributed by atoms with Crippen LogP contribution >= 0.6 is 0 Å². The molecule has 0 spiro atoms. The molecule has 5 heteroatoms. The minimum absolute atomic E-state index is 0.0181. The van der Waals surface area contributed by atoms with Gasteiger partial charge in [0.05, 0.1) is 0 Å². The zero-order valence-electron chi connectivity index (χ0n) is 8.01. The van der Waals surface area contributed by atoms with E-state index in [2.05, 4.69) is 16.0 Å². The monoisotopic (exact) mass is 197 g/mol. The first-order valence-electron chi connectivity index (χ1n) is 5.03. The summed E-state index contributed by atoms with van der Waals surface area (Å²) in [6.45, 7) is 2.69. The van der Waals surface area contributed by atoms with Gasteiger partial charge in [0, 0.05) is 32.0 Å². The summed E-state index contributed by atoms with van der Waals surface area (Å²) in [6.07, 6.45) is 1.11. The van der Waals surface area contributed by atoms with Crippen molar-refractivity contribution in [3.8, 4) is 0 Å². The fourth-order valence-corrected chi connectivity index (χ4v) is 1.67. The molecule has 0 aromatic carbocycles. The summed E-state index contributed by atoms with van der Waals surface area (Å²) in [6, 6.07) is -0.296. The number of hydrogen-bond acceptors (Lipinski definition) is 3. The molecular weight excluding hydrogens is 182 g/mol. The molecular formula is C9H15N3O2. The second-order valence-corrected chi connectivity index (χ2v) is 3.93. The Hall–Kier alpha value is -1.10. The third kappa shape index (κ3) is 2.04. The maximum atomic E-state index is 11.5. The predicted octanol–water partition coefficient (Wildman–Crippen LogP) is -1.40. The van der Waals surface area contributed by atoms with Crippen LogP contribution in [0, 0.1) is 5.92 Å². The molecule has 0 unspecified atom stereocenters. The lowest BCUT2D eigenvalue weighted by molar-refractivity contribution is -0.125. The maximum Gasteiger partial charge on any atom is 0.242 e.